The molecule has 1 amide bonds. The van der Waals surface area contributed by atoms with Crippen molar-refractivity contribution >= 4 is 17.5 Å². The Labute approximate surface area is 136 Å². The zero-order chi connectivity index (χ0) is 16.1. The maximum atomic E-state index is 12.9. The number of amides is 1. The van der Waals surface area contributed by atoms with E-state index < -0.39 is 0 Å². The lowest BCUT2D eigenvalue weighted by Gasteiger charge is -2.57. The van der Waals surface area contributed by atoms with E-state index in [4.69, 9.17) is 21.1 Å². The van der Waals surface area contributed by atoms with Gasteiger partial charge in [-0.25, -0.2) is 0 Å². The summed E-state index contributed by atoms with van der Waals surface area (Å²) in [5.74, 6) is 0.917. The summed E-state index contributed by atoms with van der Waals surface area (Å²) in [5, 5.41) is 0.560. The van der Waals surface area contributed by atoms with Gasteiger partial charge in [0.25, 0.3) is 5.91 Å². The van der Waals surface area contributed by atoms with Gasteiger partial charge in [-0.1, -0.05) is 25.4 Å². The van der Waals surface area contributed by atoms with E-state index in [0.717, 1.165) is 13.0 Å². The molecule has 0 bridgehead atoms. The first kappa shape index (κ1) is 15.6. The van der Waals surface area contributed by atoms with Gasteiger partial charge in [-0.2, -0.15) is 0 Å². The fourth-order valence-electron chi connectivity index (χ4n) is 4.24. The molecule has 1 aromatic carbocycles. The van der Waals surface area contributed by atoms with Crippen molar-refractivity contribution in [3.63, 3.8) is 0 Å². The van der Waals surface area contributed by atoms with Crippen LogP contribution in [-0.4, -0.2) is 43.7 Å². The highest BCUT2D eigenvalue weighted by molar-refractivity contribution is 6.30. The van der Waals surface area contributed by atoms with Gasteiger partial charge in [-0.05, 0) is 24.6 Å². The van der Waals surface area contributed by atoms with Crippen molar-refractivity contribution in [1.82, 2.24) is 4.90 Å². The number of methoxy groups -OCH3 is 1. The van der Waals surface area contributed by atoms with Crippen molar-refractivity contribution in [1.29, 1.82) is 0 Å². The predicted octanol–water partition coefficient (Wildman–Crippen LogP) is 3.23. The summed E-state index contributed by atoms with van der Waals surface area (Å²) in [7, 11) is 3.42. The molecule has 1 aromatic rings. The van der Waals surface area contributed by atoms with E-state index in [2.05, 4.69) is 13.8 Å². The molecule has 5 heteroatoms. The van der Waals surface area contributed by atoms with Crippen LogP contribution in [0.1, 0.15) is 30.6 Å². The summed E-state index contributed by atoms with van der Waals surface area (Å²) in [5.41, 5.74) is 0.526. The summed E-state index contributed by atoms with van der Waals surface area (Å²) in [6.45, 7) is 5.14. The van der Waals surface area contributed by atoms with E-state index in [-0.39, 0.29) is 23.5 Å². The number of hydrogen-bond donors (Lipinski definition) is 0. The molecule has 1 saturated heterocycles. The molecule has 0 spiro atoms. The fraction of sp³-hybridized carbons (Fsp3) is 0.588. The highest BCUT2D eigenvalue weighted by atomic mass is 35.5. The van der Waals surface area contributed by atoms with E-state index >= 15 is 0 Å². The number of hydrogen-bond acceptors (Lipinski definition) is 3. The van der Waals surface area contributed by atoms with Crippen molar-refractivity contribution in [2.45, 2.75) is 32.4 Å². The smallest absolute Gasteiger partial charge is 0.257 e. The first-order chi connectivity index (χ1) is 10.4. The number of fused-ring (bicyclic) bond motifs is 1. The van der Waals surface area contributed by atoms with E-state index in [1.165, 1.54) is 0 Å². The van der Waals surface area contributed by atoms with Gasteiger partial charge in [0.05, 0.1) is 18.8 Å². The van der Waals surface area contributed by atoms with Crippen LogP contribution in [-0.2, 0) is 4.74 Å². The first-order valence-electron chi connectivity index (χ1n) is 7.60. The number of carbonyl (C=O) groups is 1. The average molecular weight is 324 g/mol. The second kappa shape index (κ2) is 5.43. The van der Waals surface area contributed by atoms with Gasteiger partial charge >= 0.3 is 0 Å². The monoisotopic (exact) mass is 323 g/mol. The van der Waals surface area contributed by atoms with Gasteiger partial charge in [-0.3, -0.25) is 4.79 Å². The standard InChI is InChI=1S/C17H22ClNO3/c1-17(2)14(12-7-8-22-15(12)17)19(3)16(20)11-6-5-10(18)9-13(11)21-4/h5-6,9,12,14-15H,7-8H2,1-4H3/t12-,14-,15+/m1/s1. The Morgan fingerprint density at radius 2 is 2.18 bits per heavy atom. The lowest BCUT2D eigenvalue weighted by molar-refractivity contribution is -0.139. The fourth-order valence-corrected chi connectivity index (χ4v) is 4.40. The van der Waals surface area contributed by atoms with E-state index in [1.54, 1.807) is 25.3 Å². The first-order valence-corrected chi connectivity index (χ1v) is 7.98. The van der Waals surface area contributed by atoms with Crippen molar-refractivity contribution in [3.8, 4) is 5.75 Å². The zero-order valence-corrected chi connectivity index (χ0v) is 14.2. The number of rotatable bonds is 3. The molecule has 2 fully saturated rings. The second-order valence-corrected chi connectivity index (χ2v) is 7.21. The Kier molecular flexibility index (Phi) is 3.86. The van der Waals surface area contributed by atoms with Crippen LogP contribution in [0.4, 0.5) is 0 Å². The lowest BCUT2D eigenvalue weighted by atomic mass is 9.56. The van der Waals surface area contributed by atoms with E-state index in [9.17, 15) is 4.79 Å². The molecule has 3 atom stereocenters. The molecule has 1 aliphatic carbocycles. The van der Waals surface area contributed by atoms with Crippen molar-refractivity contribution in [2.75, 3.05) is 20.8 Å². The van der Waals surface area contributed by atoms with E-state index in [1.807, 2.05) is 11.9 Å². The van der Waals surface area contributed by atoms with Crippen LogP contribution in [0.3, 0.4) is 0 Å². The molecular formula is C17H22ClNO3. The van der Waals surface area contributed by atoms with Crippen LogP contribution in [0.15, 0.2) is 18.2 Å². The van der Waals surface area contributed by atoms with Crippen LogP contribution >= 0.6 is 11.6 Å². The summed E-state index contributed by atoms with van der Waals surface area (Å²) in [6.07, 6.45) is 1.29. The van der Waals surface area contributed by atoms with Crippen LogP contribution in [0.5, 0.6) is 5.75 Å². The van der Waals surface area contributed by atoms with Gasteiger partial charge in [0.2, 0.25) is 0 Å². The van der Waals surface area contributed by atoms with Gasteiger partial charge in [-0.15, -0.1) is 0 Å². The highest BCUT2D eigenvalue weighted by Gasteiger charge is 2.61. The summed E-state index contributed by atoms with van der Waals surface area (Å²) in [4.78, 5) is 14.8. The van der Waals surface area contributed by atoms with Gasteiger partial charge in [0.1, 0.15) is 5.75 Å². The Morgan fingerprint density at radius 1 is 1.45 bits per heavy atom. The number of halogens is 1. The molecule has 4 nitrogen and oxygen atoms in total. The molecule has 22 heavy (non-hydrogen) atoms. The molecule has 1 saturated carbocycles. The third-order valence-electron chi connectivity index (χ3n) is 5.17. The normalized spacial score (nSPS) is 28.7. The van der Waals surface area contributed by atoms with Gasteiger partial charge < -0.3 is 14.4 Å². The van der Waals surface area contributed by atoms with Crippen molar-refractivity contribution in [2.24, 2.45) is 11.3 Å². The number of benzene rings is 1. The quantitative estimate of drug-likeness (QED) is 0.857. The number of carbonyl (C=O) groups excluding carboxylic acids is 1. The minimum absolute atomic E-state index is 0.0226. The largest absolute Gasteiger partial charge is 0.496 e. The molecule has 3 rings (SSSR count). The third kappa shape index (κ3) is 2.20. The molecule has 0 radical (unpaired) electrons. The molecular weight excluding hydrogens is 302 g/mol. The second-order valence-electron chi connectivity index (χ2n) is 6.77. The maximum absolute atomic E-state index is 12.9. The Bertz CT molecular complexity index is 602. The summed E-state index contributed by atoms with van der Waals surface area (Å²) < 4.78 is 11.1. The highest BCUT2D eigenvalue weighted by Crippen LogP contribution is 2.54. The summed E-state index contributed by atoms with van der Waals surface area (Å²) >= 11 is 5.98. The minimum atomic E-state index is -0.0306. The summed E-state index contributed by atoms with van der Waals surface area (Å²) in [6, 6.07) is 5.32. The average Bonchev–Trinajstić information content (AvgIpc) is 2.92. The SMILES string of the molecule is COc1cc(Cl)ccc1C(=O)N(C)[C@@H]1[C@H]2CCO[C@@H]2C1(C)C. The Balaban J connectivity index is 1.86. The predicted molar refractivity (Wildman–Crippen MR) is 85.5 cm³/mol. The van der Waals surface area contributed by atoms with Gasteiger partial charge in [0, 0.05) is 36.1 Å². The van der Waals surface area contributed by atoms with Crippen molar-refractivity contribution in [3.05, 3.63) is 28.8 Å². The Morgan fingerprint density at radius 3 is 2.86 bits per heavy atom. The zero-order valence-electron chi connectivity index (χ0n) is 13.4. The topological polar surface area (TPSA) is 38.8 Å². The maximum Gasteiger partial charge on any atom is 0.257 e. The van der Waals surface area contributed by atoms with E-state index in [0.29, 0.717) is 22.3 Å². The van der Waals surface area contributed by atoms with Crippen molar-refractivity contribution < 1.29 is 14.3 Å². The molecule has 2 aliphatic rings. The van der Waals surface area contributed by atoms with Gasteiger partial charge in [0.15, 0.2) is 0 Å². The molecule has 120 valence electrons. The third-order valence-corrected chi connectivity index (χ3v) is 5.41. The lowest BCUT2D eigenvalue weighted by Crippen LogP contribution is -2.66. The molecule has 0 aromatic heterocycles. The minimum Gasteiger partial charge on any atom is -0.496 e. The van der Waals surface area contributed by atoms with Crippen LogP contribution in [0.25, 0.3) is 0 Å². The number of nitrogens with zero attached hydrogens (tertiary/aromatic N) is 1. The van der Waals surface area contributed by atoms with Crippen LogP contribution < -0.4 is 4.74 Å². The molecule has 0 N–H and O–H groups in total. The number of ether oxygens (including phenoxy) is 2. The molecule has 1 aliphatic heterocycles. The van der Waals surface area contributed by atoms with Crippen LogP contribution in [0.2, 0.25) is 5.02 Å². The van der Waals surface area contributed by atoms with Crippen LogP contribution in [0, 0.1) is 11.3 Å². The molecule has 0 unspecified atom stereocenters. The Hall–Kier alpha value is -1.26. The molecule has 1 heterocycles.